The zero-order valence-corrected chi connectivity index (χ0v) is 14.6. The number of piperidine rings is 1. The van der Waals surface area contributed by atoms with E-state index in [2.05, 4.69) is 20.2 Å². The highest BCUT2D eigenvalue weighted by Gasteiger charge is 2.23. The lowest BCUT2D eigenvalue weighted by molar-refractivity contribution is -0.383. The predicted octanol–water partition coefficient (Wildman–Crippen LogP) is 2.87. The van der Waals surface area contributed by atoms with E-state index in [1.807, 2.05) is 18.2 Å². The van der Waals surface area contributed by atoms with Crippen LogP contribution in [0, 0.1) is 10.1 Å². The molecule has 1 fully saturated rings. The number of aromatic nitrogens is 2. The molecule has 0 unspecified atom stereocenters. The van der Waals surface area contributed by atoms with Crippen LogP contribution in [0.2, 0.25) is 0 Å². The standard InChI is InChI=1S/C19H19N5O3/c25-19(15-12-13-4-3-5-16(24(26)27)18(13)22-15)21-14-7-10-23(11-8-14)17-6-1-2-9-20-17/h1-6,9,12,14,22H,7-8,10-11H2,(H,21,25). The average molecular weight is 365 g/mol. The van der Waals surface area contributed by atoms with E-state index in [-0.39, 0.29) is 17.6 Å². The fourth-order valence-corrected chi connectivity index (χ4v) is 3.47. The number of nitro benzene ring substituents is 1. The molecular formula is C19H19N5O3. The summed E-state index contributed by atoms with van der Waals surface area (Å²) < 4.78 is 0. The Labute approximate surface area is 155 Å². The molecule has 1 aromatic carbocycles. The summed E-state index contributed by atoms with van der Waals surface area (Å²) >= 11 is 0. The van der Waals surface area contributed by atoms with Gasteiger partial charge >= 0.3 is 0 Å². The lowest BCUT2D eigenvalue weighted by Crippen LogP contribution is -2.45. The van der Waals surface area contributed by atoms with E-state index in [0.29, 0.717) is 16.6 Å². The molecule has 3 heterocycles. The third-order valence-electron chi connectivity index (χ3n) is 4.88. The van der Waals surface area contributed by atoms with Crippen LogP contribution in [0.5, 0.6) is 0 Å². The van der Waals surface area contributed by atoms with Gasteiger partial charge in [0.1, 0.15) is 17.0 Å². The van der Waals surface area contributed by atoms with Crippen LogP contribution in [0.3, 0.4) is 0 Å². The Bertz CT molecular complexity index is 977. The van der Waals surface area contributed by atoms with Crippen LogP contribution in [0.15, 0.2) is 48.7 Å². The number of fused-ring (bicyclic) bond motifs is 1. The summed E-state index contributed by atoms with van der Waals surface area (Å²) in [5.74, 6) is 0.710. The van der Waals surface area contributed by atoms with E-state index in [9.17, 15) is 14.9 Å². The number of hydrogen-bond acceptors (Lipinski definition) is 5. The first kappa shape index (κ1) is 17.0. The summed E-state index contributed by atoms with van der Waals surface area (Å²) in [4.78, 5) is 32.7. The highest BCUT2D eigenvalue weighted by Crippen LogP contribution is 2.25. The van der Waals surface area contributed by atoms with Gasteiger partial charge in [-0.15, -0.1) is 0 Å². The Morgan fingerprint density at radius 2 is 2.04 bits per heavy atom. The van der Waals surface area contributed by atoms with E-state index in [1.165, 1.54) is 6.07 Å². The Balaban J connectivity index is 1.42. The third-order valence-corrected chi connectivity index (χ3v) is 4.88. The predicted molar refractivity (Wildman–Crippen MR) is 102 cm³/mol. The van der Waals surface area contributed by atoms with Gasteiger partial charge in [-0.3, -0.25) is 14.9 Å². The van der Waals surface area contributed by atoms with Crippen LogP contribution in [-0.4, -0.2) is 39.9 Å². The molecule has 138 valence electrons. The number of benzene rings is 1. The monoisotopic (exact) mass is 365 g/mol. The number of para-hydroxylation sites is 1. The average Bonchev–Trinajstić information content (AvgIpc) is 3.13. The molecular weight excluding hydrogens is 346 g/mol. The highest BCUT2D eigenvalue weighted by molar-refractivity contribution is 6.00. The molecule has 0 spiro atoms. The zero-order chi connectivity index (χ0) is 18.8. The lowest BCUT2D eigenvalue weighted by Gasteiger charge is -2.33. The first-order valence-corrected chi connectivity index (χ1v) is 8.85. The molecule has 3 aromatic rings. The summed E-state index contributed by atoms with van der Waals surface area (Å²) in [6.07, 6.45) is 3.42. The minimum Gasteiger partial charge on any atom is -0.356 e. The second kappa shape index (κ2) is 7.06. The number of pyridine rings is 1. The van der Waals surface area contributed by atoms with Crippen molar-refractivity contribution in [2.75, 3.05) is 18.0 Å². The van der Waals surface area contributed by atoms with Crippen molar-refractivity contribution in [3.63, 3.8) is 0 Å². The van der Waals surface area contributed by atoms with E-state index < -0.39 is 4.92 Å². The van der Waals surface area contributed by atoms with Crippen molar-refractivity contribution in [2.24, 2.45) is 0 Å². The third kappa shape index (κ3) is 3.46. The molecule has 0 bridgehead atoms. The number of non-ortho nitro benzene ring substituents is 1. The maximum absolute atomic E-state index is 12.6. The first-order valence-electron chi connectivity index (χ1n) is 8.85. The number of rotatable bonds is 4. The Kier molecular flexibility index (Phi) is 4.45. The summed E-state index contributed by atoms with van der Waals surface area (Å²) in [5.41, 5.74) is 0.680. The van der Waals surface area contributed by atoms with Gasteiger partial charge in [0.25, 0.3) is 11.6 Å². The minimum atomic E-state index is -0.451. The SMILES string of the molecule is O=C(NC1CCN(c2ccccn2)CC1)c1cc2cccc([N+](=O)[O-])c2[nH]1. The van der Waals surface area contributed by atoms with Crippen LogP contribution in [0.1, 0.15) is 23.3 Å². The molecule has 0 saturated carbocycles. The molecule has 1 aliphatic heterocycles. The van der Waals surface area contributed by atoms with Gasteiger partial charge in [0, 0.05) is 36.8 Å². The molecule has 0 radical (unpaired) electrons. The number of hydrogen-bond donors (Lipinski definition) is 2. The summed E-state index contributed by atoms with van der Waals surface area (Å²) in [6, 6.07) is 12.3. The van der Waals surface area contributed by atoms with Crippen LogP contribution in [0.4, 0.5) is 11.5 Å². The van der Waals surface area contributed by atoms with Gasteiger partial charge < -0.3 is 15.2 Å². The number of anilines is 1. The summed E-state index contributed by atoms with van der Waals surface area (Å²) in [7, 11) is 0. The van der Waals surface area contributed by atoms with Crippen LogP contribution < -0.4 is 10.2 Å². The number of nitro groups is 1. The number of aromatic amines is 1. The van der Waals surface area contributed by atoms with Gasteiger partial charge in [-0.05, 0) is 31.0 Å². The largest absolute Gasteiger partial charge is 0.356 e. The molecule has 0 aliphatic carbocycles. The quantitative estimate of drug-likeness (QED) is 0.546. The number of H-pyrrole nitrogens is 1. The van der Waals surface area contributed by atoms with Crippen molar-refractivity contribution in [2.45, 2.75) is 18.9 Å². The van der Waals surface area contributed by atoms with Crippen molar-refractivity contribution in [1.82, 2.24) is 15.3 Å². The van der Waals surface area contributed by atoms with Gasteiger partial charge in [0.05, 0.1) is 4.92 Å². The van der Waals surface area contributed by atoms with Crippen molar-refractivity contribution >= 4 is 28.3 Å². The van der Waals surface area contributed by atoms with E-state index in [1.54, 1.807) is 24.4 Å². The molecule has 8 nitrogen and oxygen atoms in total. The number of nitrogens with one attached hydrogen (secondary N) is 2. The lowest BCUT2D eigenvalue weighted by atomic mass is 10.0. The first-order chi connectivity index (χ1) is 13.1. The van der Waals surface area contributed by atoms with Gasteiger partial charge in [0.2, 0.25) is 0 Å². The molecule has 2 aromatic heterocycles. The maximum atomic E-state index is 12.6. The van der Waals surface area contributed by atoms with Gasteiger partial charge in [-0.1, -0.05) is 18.2 Å². The highest BCUT2D eigenvalue weighted by atomic mass is 16.6. The molecule has 27 heavy (non-hydrogen) atoms. The molecule has 2 N–H and O–H groups in total. The van der Waals surface area contributed by atoms with Crippen molar-refractivity contribution in [1.29, 1.82) is 0 Å². The van der Waals surface area contributed by atoms with E-state index in [0.717, 1.165) is 31.7 Å². The maximum Gasteiger partial charge on any atom is 0.293 e. The van der Waals surface area contributed by atoms with Gasteiger partial charge in [0.15, 0.2) is 0 Å². The minimum absolute atomic E-state index is 0.0322. The van der Waals surface area contributed by atoms with Crippen LogP contribution in [-0.2, 0) is 0 Å². The van der Waals surface area contributed by atoms with E-state index >= 15 is 0 Å². The molecule has 1 saturated heterocycles. The fraction of sp³-hybridized carbons (Fsp3) is 0.263. The number of nitrogens with zero attached hydrogens (tertiary/aromatic N) is 3. The smallest absolute Gasteiger partial charge is 0.293 e. The second-order valence-electron chi connectivity index (χ2n) is 6.60. The Hall–Kier alpha value is -3.42. The Morgan fingerprint density at radius 1 is 1.22 bits per heavy atom. The molecule has 4 rings (SSSR count). The second-order valence-corrected chi connectivity index (χ2v) is 6.60. The summed E-state index contributed by atoms with van der Waals surface area (Å²) in [6.45, 7) is 1.64. The van der Waals surface area contributed by atoms with E-state index in [4.69, 9.17) is 0 Å². The fourth-order valence-electron chi connectivity index (χ4n) is 3.47. The van der Waals surface area contributed by atoms with Gasteiger partial charge in [-0.2, -0.15) is 0 Å². The molecule has 0 atom stereocenters. The van der Waals surface area contributed by atoms with Crippen molar-refractivity contribution in [3.8, 4) is 0 Å². The van der Waals surface area contributed by atoms with Crippen molar-refractivity contribution < 1.29 is 9.72 Å². The normalized spacial score (nSPS) is 15.0. The Morgan fingerprint density at radius 3 is 2.74 bits per heavy atom. The number of carbonyl (C=O) groups is 1. The molecule has 1 aliphatic rings. The van der Waals surface area contributed by atoms with Crippen LogP contribution in [0.25, 0.3) is 10.9 Å². The topological polar surface area (TPSA) is 104 Å². The van der Waals surface area contributed by atoms with Crippen LogP contribution >= 0.6 is 0 Å². The summed E-state index contributed by atoms with van der Waals surface area (Å²) in [5, 5.41) is 14.8. The van der Waals surface area contributed by atoms with Gasteiger partial charge in [-0.25, -0.2) is 4.98 Å². The number of carbonyl (C=O) groups excluding carboxylic acids is 1. The van der Waals surface area contributed by atoms with Crippen molar-refractivity contribution in [3.05, 3.63) is 64.5 Å². The molecule has 1 amide bonds. The number of amides is 1. The molecule has 8 heteroatoms. The zero-order valence-electron chi connectivity index (χ0n) is 14.6.